The molecule has 1 aromatic heterocycles. The highest BCUT2D eigenvalue weighted by Crippen LogP contribution is 2.13. The molecule has 0 amide bonds. The molecule has 80 valence electrons. The van der Waals surface area contributed by atoms with Gasteiger partial charge in [-0.25, -0.2) is 0 Å². The van der Waals surface area contributed by atoms with Crippen LogP contribution in [0.15, 0.2) is 12.3 Å². The summed E-state index contributed by atoms with van der Waals surface area (Å²) in [7, 11) is 0. The summed E-state index contributed by atoms with van der Waals surface area (Å²) >= 11 is 0. The van der Waals surface area contributed by atoms with Gasteiger partial charge in [-0.3, -0.25) is 0 Å². The van der Waals surface area contributed by atoms with Crippen LogP contribution in [0.2, 0.25) is 0 Å². The molecule has 1 rings (SSSR count). The number of anilines is 1. The number of hydrogen-bond donors (Lipinski definition) is 1. The van der Waals surface area contributed by atoms with Crippen molar-refractivity contribution in [3.63, 3.8) is 0 Å². The lowest BCUT2D eigenvalue weighted by atomic mass is 9.98. The predicted octanol–water partition coefficient (Wildman–Crippen LogP) is 2.05. The van der Waals surface area contributed by atoms with E-state index in [2.05, 4.69) is 42.4 Å². The van der Waals surface area contributed by atoms with E-state index in [1.54, 1.807) is 6.07 Å². The van der Waals surface area contributed by atoms with E-state index in [-0.39, 0.29) is 0 Å². The van der Waals surface area contributed by atoms with Crippen molar-refractivity contribution in [2.24, 2.45) is 11.8 Å². The van der Waals surface area contributed by atoms with Crippen molar-refractivity contribution in [2.45, 2.75) is 20.8 Å². The van der Waals surface area contributed by atoms with Crippen molar-refractivity contribution in [3.05, 3.63) is 17.8 Å². The largest absolute Gasteiger partial charge is 0.367 e. The number of rotatable bonds is 4. The van der Waals surface area contributed by atoms with Gasteiger partial charge in [0.25, 0.3) is 0 Å². The molecular formula is C11H16N4. The number of nitriles is 1. The van der Waals surface area contributed by atoms with Gasteiger partial charge in [0, 0.05) is 6.54 Å². The van der Waals surface area contributed by atoms with Crippen LogP contribution in [0.4, 0.5) is 5.82 Å². The van der Waals surface area contributed by atoms with Crippen molar-refractivity contribution >= 4 is 5.82 Å². The summed E-state index contributed by atoms with van der Waals surface area (Å²) in [6, 6.07) is 3.75. The monoisotopic (exact) mass is 204 g/mol. The van der Waals surface area contributed by atoms with Gasteiger partial charge in [0.15, 0.2) is 5.82 Å². The Hall–Kier alpha value is -1.63. The van der Waals surface area contributed by atoms with Crippen molar-refractivity contribution in [1.82, 2.24) is 10.2 Å². The molecule has 0 radical (unpaired) electrons. The van der Waals surface area contributed by atoms with Crippen molar-refractivity contribution in [3.8, 4) is 6.07 Å². The molecule has 0 aliphatic carbocycles. The molecule has 0 saturated carbocycles. The van der Waals surface area contributed by atoms with E-state index in [1.165, 1.54) is 6.20 Å². The third-order valence-corrected chi connectivity index (χ3v) is 2.57. The molecule has 1 unspecified atom stereocenters. The van der Waals surface area contributed by atoms with Crippen LogP contribution in [-0.2, 0) is 0 Å². The Bertz CT molecular complexity index is 354. The van der Waals surface area contributed by atoms with Crippen LogP contribution in [0.5, 0.6) is 0 Å². The highest BCUT2D eigenvalue weighted by Gasteiger charge is 2.08. The topological polar surface area (TPSA) is 61.6 Å². The first-order chi connectivity index (χ1) is 7.15. The lowest BCUT2D eigenvalue weighted by Gasteiger charge is -2.16. The van der Waals surface area contributed by atoms with Crippen LogP contribution in [-0.4, -0.2) is 16.7 Å². The zero-order valence-corrected chi connectivity index (χ0v) is 9.36. The SMILES string of the molecule is CC(C)C(C)CNc1nnccc1C#N. The number of aromatic nitrogens is 2. The minimum atomic E-state index is 0.540. The first-order valence-electron chi connectivity index (χ1n) is 5.10. The minimum Gasteiger partial charge on any atom is -0.367 e. The second-order valence-corrected chi connectivity index (χ2v) is 4.01. The summed E-state index contributed by atoms with van der Waals surface area (Å²) < 4.78 is 0. The molecule has 0 saturated heterocycles. The maximum atomic E-state index is 8.84. The second kappa shape index (κ2) is 5.30. The smallest absolute Gasteiger partial charge is 0.166 e. The lowest BCUT2D eigenvalue weighted by molar-refractivity contribution is 0.439. The van der Waals surface area contributed by atoms with E-state index in [1.807, 2.05) is 0 Å². The molecule has 0 aromatic carbocycles. The number of hydrogen-bond acceptors (Lipinski definition) is 4. The average molecular weight is 204 g/mol. The zero-order valence-electron chi connectivity index (χ0n) is 9.36. The molecule has 1 aromatic rings. The summed E-state index contributed by atoms with van der Waals surface area (Å²) in [5, 5.41) is 19.6. The molecular weight excluding hydrogens is 188 g/mol. The van der Waals surface area contributed by atoms with Crippen LogP contribution in [0.1, 0.15) is 26.3 Å². The Morgan fingerprint density at radius 2 is 2.20 bits per heavy atom. The molecule has 15 heavy (non-hydrogen) atoms. The van der Waals surface area contributed by atoms with Crippen molar-refractivity contribution in [1.29, 1.82) is 5.26 Å². The lowest BCUT2D eigenvalue weighted by Crippen LogP contribution is -2.17. The van der Waals surface area contributed by atoms with Crippen LogP contribution in [0.25, 0.3) is 0 Å². The van der Waals surface area contributed by atoms with Crippen LogP contribution in [0.3, 0.4) is 0 Å². The van der Waals surface area contributed by atoms with Gasteiger partial charge in [0.05, 0.1) is 11.8 Å². The first-order valence-corrected chi connectivity index (χ1v) is 5.10. The van der Waals surface area contributed by atoms with Crippen LogP contribution < -0.4 is 5.32 Å². The Morgan fingerprint density at radius 3 is 2.80 bits per heavy atom. The van der Waals surface area contributed by atoms with Gasteiger partial charge in [-0.15, -0.1) is 5.10 Å². The summed E-state index contributed by atoms with van der Waals surface area (Å²) in [6.45, 7) is 7.33. The molecule has 0 aliphatic rings. The normalized spacial score (nSPS) is 12.2. The van der Waals surface area contributed by atoms with Crippen molar-refractivity contribution in [2.75, 3.05) is 11.9 Å². The fraction of sp³-hybridized carbons (Fsp3) is 0.545. The molecule has 1 N–H and O–H groups in total. The van der Waals surface area contributed by atoms with E-state index >= 15 is 0 Å². The van der Waals surface area contributed by atoms with Gasteiger partial charge in [-0.05, 0) is 17.9 Å². The van der Waals surface area contributed by atoms with E-state index in [0.717, 1.165) is 6.54 Å². The van der Waals surface area contributed by atoms with E-state index in [4.69, 9.17) is 5.26 Å². The third-order valence-electron chi connectivity index (χ3n) is 2.57. The zero-order chi connectivity index (χ0) is 11.3. The van der Waals surface area contributed by atoms with E-state index in [9.17, 15) is 0 Å². The maximum Gasteiger partial charge on any atom is 0.166 e. The highest BCUT2D eigenvalue weighted by atomic mass is 15.2. The van der Waals surface area contributed by atoms with Gasteiger partial charge in [-0.2, -0.15) is 10.4 Å². The fourth-order valence-electron chi connectivity index (χ4n) is 1.05. The Morgan fingerprint density at radius 1 is 1.47 bits per heavy atom. The molecule has 0 bridgehead atoms. The molecule has 4 heteroatoms. The highest BCUT2D eigenvalue weighted by molar-refractivity contribution is 5.50. The second-order valence-electron chi connectivity index (χ2n) is 4.01. The van der Waals surface area contributed by atoms with Crippen LogP contribution in [0, 0.1) is 23.2 Å². The van der Waals surface area contributed by atoms with Gasteiger partial charge < -0.3 is 5.32 Å². The Kier molecular flexibility index (Phi) is 4.04. The predicted molar refractivity (Wildman–Crippen MR) is 59.2 cm³/mol. The van der Waals surface area contributed by atoms with Crippen molar-refractivity contribution < 1.29 is 0 Å². The standard InChI is InChI=1S/C11H16N4/c1-8(2)9(3)7-13-11-10(6-12)4-5-14-15-11/h4-5,8-9H,7H2,1-3H3,(H,13,15). The molecule has 1 atom stereocenters. The van der Waals surface area contributed by atoms with Crippen LogP contribution >= 0.6 is 0 Å². The van der Waals surface area contributed by atoms with E-state index < -0.39 is 0 Å². The minimum absolute atomic E-state index is 0.540. The third kappa shape index (κ3) is 3.21. The molecule has 0 spiro atoms. The summed E-state index contributed by atoms with van der Waals surface area (Å²) in [5.74, 6) is 1.73. The van der Waals surface area contributed by atoms with Gasteiger partial charge in [0.2, 0.25) is 0 Å². The number of nitrogens with one attached hydrogen (secondary N) is 1. The fourth-order valence-corrected chi connectivity index (χ4v) is 1.05. The van der Waals surface area contributed by atoms with E-state index in [0.29, 0.717) is 23.2 Å². The Balaban J connectivity index is 2.62. The molecule has 0 aliphatic heterocycles. The van der Waals surface area contributed by atoms with Gasteiger partial charge in [0.1, 0.15) is 6.07 Å². The average Bonchev–Trinajstić information content (AvgIpc) is 2.26. The van der Waals surface area contributed by atoms with Gasteiger partial charge >= 0.3 is 0 Å². The quantitative estimate of drug-likeness (QED) is 0.815. The maximum absolute atomic E-state index is 8.84. The summed E-state index contributed by atoms with van der Waals surface area (Å²) in [4.78, 5) is 0. The molecule has 0 fully saturated rings. The number of nitrogens with zero attached hydrogens (tertiary/aromatic N) is 3. The molecule has 4 nitrogen and oxygen atoms in total. The summed E-state index contributed by atoms with van der Waals surface area (Å²) in [5.41, 5.74) is 0.543. The summed E-state index contributed by atoms with van der Waals surface area (Å²) in [6.07, 6.45) is 1.52. The van der Waals surface area contributed by atoms with Gasteiger partial charge in [-0.1, -0.05) is 20.8 Å². The molecule has 1 heterocycles. The first kappa shape index (κ1) is 11.4. The Labute approximate surface area is 90.3 Å².